The predicted octanol–water partition coefficient (Wildman–Crippen LogP) is 3.46. The molecule has 1 unspecified atom stereocenters. The Morgan fingerprint density at radius 3 is 2.75 bits per heavy atom. The van der Waals surface area contributed by atoms with E-state index < -0.39 is 0 Å². The highest BCUT2D eigenvalue weighted by Gasteiger charge is 2.24. The Labute approximate surface area is 169 Å². The molecule has 1 N–H and O–H groups in total. The molecule has 1 aromatic carbocycles. The number of nitrogens with zero attached hydrogens (tertiary/aromatic N) is 4. The highest BCUT2D eigenvalue weighted by molar-refractivity contribution is 7.13. The average molecular weight is 396 g/mol. The molecule has 0 saturated carbocycles. The van der Waals surface area contributed by atoms with Gasteiger partial charge < -0.3 is 10.2 Å². The molecule has 1 amide bonds. The van der Waals surface area contributed by atoms with Gasteiger partial charge in [-0.2, -0.15) is 5.10 Å². The SMILES string of the molecule is CC(NC(=O)c1csc(-c2cnn(-c3ccccc3)c2)n1)C1CCN(C)CC1. The van der Waals surface area contributed by atoms with E-state index in [1.165, 1.54) is 11.3 Å². The highest BCUT2D eigenvalue weighted by Crippen LogP contribution is 2.25. The molecule has 1 atom stereocenters. The van der Waals surface area contributed by atoms with E-state index in [1.807, 2.05) is 46.6 Å². The van der Waals surface area contributed by atoms with Gasteiger partial charge in [0.1, 0.15) is 10.7 Å². The van der Waals surface area contributed by atoms with E-state index in [9.17, 15) is 4.79 Å². The number of carbonyl (C=O) groups excluding carboxylic acids is 1. The second-order valence-electron chi connectivity index (χ2n) is 7.45. The molecule has 2 aromatic heterocycles. The molecule has 1 aliphatic heterocycles. The van der Waals surface area contributed by atoms with E-state index in [1.54, 1.807) is 6.20 Å². The van der Waals surface area contributed by atoms with Crippen LogP contribution >= 0.6 is 11.3 Å². The van der Waals surface area contributed by atoms with Crippen LogP contribution in [0.2, 0.25) is 0 Å². The Kier molecular flexibility index (Phi) is 5.54. The number of benzene rings is 1. The number of rotatable bonds is 5. The zero-order valence-electron chi connectivity index (χ0n) is 16.2. The van der Waals surface area contributed by atoms with Crippen LogP contribution in [0.1, 0.15) is 30.3 Å². The fraction of sp³-hybridized carbons (Fsp3) is 0.381. The first-order valence-electron chi connectivity index (χ1n) is 9.65. The van der Waals surface area contributed by atoms with Crippen molar-refractivity contribution in [1.82, 2.24) is 25.0 Å². The van der Waals surface area contributed by atoms with E-state index in [0.29, 0.717) is 11.6 Å². The summed E-state index contributed by atoms with van der Waals surface area (Å²) in [6.07, 6.45) is 5.98. The van der Waals surface area contributed by atoms with Gasteiger partial charge in [-0.25, -0.2) is 9.67 Å². The van der Waals surface area contributed by atoms with Crippen molar-refractivity contribution in [3.05, 3.63) is 53.8 Å². The molecule has 28 heavy (non-hydrogen) atoms. The molecule has 3 heterocycles. The standard InChI is InChI=1S/C21H25N5OS/c1-15(16-8-10-25(2)11-9-16)23-20(27)19-14-28-21(24-19)17-12-22-26(13-17)18-6-4-3-5-7-18/h3-7,12-16H,8-11H2,1-2H3,(H,23,27). The fourth-order valence-corrected chi connectivity index (χ4v) is 4.37. The fourth-order valence-electron chi connectivity index (χ4n) is 3.59. The number of amides is 1. The molecule has 6 nitrogen and oxygen atoms in total. The minimum Gasteiger partial charge on any atom is -0.348 e. The number of aromatic nitrogens is 3. The van der Waals surface area contributed by atoms with Crippen LogP contribution in [0.15, 0.2) is 48.1 Å². The molecular weight excluding hydrogens is 370 g/mol. The topological polar surface area (TPSA) is 63.1 Å². The summed E-state index contributed by atoms with van der Waals surface area (Å²) in [7, 11) is 2.15. The molecule has 7 heteroatoms. The Morgan fingerprint density at radius 2 is 2.00 bits per heavy atom. The van der Waals surface area contributed by atoms with E-state index in [-0.39, 0.29) is 11.9 Å². The third-order valence-corrected chi connectivity index (χ3v) is 6.31. The first-order chi connectivity index (χ1) is 13.6. The van der Waals surface area contributed by atoms with Gasteiger partial charge >= 0.3 is 0 Å². The lowest BCUT2D eigenvalue weighted by Gasteiger charge is -2.32. The van der Waals surface area contributed by atoms with Gasteiger partial charge in [-0.3, -0.25) is 4.79 Å². The van der Waals surface area contributed by atoms with Crippen molar-refractivity contribution in [2.24, 2.45) is 5.92 Å². The first kappa shape index (κ1) is 18.8. The summed E-state index contributed by atoms with van der Waals surface area (Å²) in [6.45, 7) is 4.29. The smallest absolute Gasteiger partial charge is 0.270 e. The molecule has 1 fully saturated rings. The van der Waals surface area contributed by atoms with Crippen molar-refractivity contribution >= 4 is 17.2 Å². The van der Waals surface area contributed by atoms with E-state index in [2.05, 4.69) is 34.3 Å². The van der Waals surface area contributed by atoms with Crippen LogP contribution in [0.5, 0.6) is 0 Å². The Morgan fingerprint density at radius 1 is 1.25 bits per heavy atom. The molecule has 0 radical (unpaired) electrons. The average Bonchev–Trinajstić information content (AvgIpc) is 3.39. The summed E-state index contributed by atoms with van der Waals surface area (Å²) in [4.78, 5) is 19.5. The molecule has 146 valence electrons. The molecular formula is C21H25N5OS. The monoisotopic (exact) mass is 395 g/mol. The number of piperidine rings is 1. The van der Waals surface area contributed by atoms with Gasteiger partial charge in [0.15, 0.2) is 0 Å². The van der Waals surface area contributed by atoms with E-state index in [4.69, 9.17) is 0 Å². The number of likely N-dealkylation sites (tertiary alicyclic amines) is 1. The van der Waals surface area contributed by atoms with Gasteiger partial charge in [0, 0.05) is 23.2 Å². The number of hydrogen-bond acceptors (Lipinski definition) is 5. The maximum absolute atomic E-state index is 12.6. The molecule has 1 saturated heterocycles. The van der Waals surface area contributed by atoms with Gasteiger partial charge in [0.25, 0.3) is 5.91 Å². The van der Waals surface area contributed by atoms with E-state index >= 15 is 0 Å². The number of carbonyl (C=O) groups is 1. The second kappa shape index (κ2) is 8.24. The minimum absolute atomic E-state index is 0.0932. The Bertz CT molecular complexity index is 927. The zero-order valence-corrected chi connectivity index (χ0v) is 17.0. The zero-order chi connectivity index (χ0) is 19.5. The summed E-state index contributed by atoms with van der Waals surface area (Å²) >= 11 is 1.47. The van der Waals surface area contributed by atoms with Crippen LogP contribution in [0, 0.1) is 5.92 Å². The normalized spacial score (nSPS) is 16.8. The van der Waals surface area contributed by atoms with Crippen LogP contribution in [-0.4, -0.2) is 51.8 Å². The lowest BCUT2D eigenvalue weighted by atomic mass is 9.90. The molecule has 3 aromatic rings. The van der Waals surface area contributed by atoms with Gasteiger partial charge in [-0.1, -0.05) is 18.2 Å². The summed E-state index contributed by atoms with van der Waals surface area (Å²) in [5.41, 5.74) is 2.39. The number of thiazole rings is 1. The van der Waals surface area contributed by atoms with Gasteiger partial charge in [-0.15, -0.1) is 11.3 Å². The molecule has 4 rings (SSSR count). The Hall–Kier alpha value is -2.51. The lowest BCUT2D eigenvalue weighted by molar-refractivity contribution is 0.0905. The van der Waals surface area contributed by atoms with Crippen molar-refractivity contribution < 1.29 is 4.79 Å². The van der Waals surface area contributed by atoms with Crippen molar-refractivity contribution in [2.75, 3.05) is 20.1 Å². The lowest BCUT2D eigenvalue weighted by Crippen LogP contribution is -2.43. The predicted molar refractivity (Wildman–Crippen MR) is 112 cm³/mol. The van der Waals surface area contributed by atoms with Gasteiger partial charge in [0.2, 0.25) is 0 Å². The van der Waals surface area contributed by atoms with Gasteiger partial charge in [0.05, 0.1) is 11.9 Å². The van der Waals surface area contributed by atoms with Crippen LogP contribution < -0.4 is 5.32 Å². The number of nitrogens with one attached hydrogen (secondary N) is 1. The summed E-state index contributed by atoms with van der Waals surface area (Å²) in [5, 5.41) is 10.2. The highest BCUT2D eigenvalue weighted by atomic mass is 32.1. The first-order valence-corrected chi connectivity index (χ1v) is 10.5. The van der Waals surface area contributed by atoms with Crippen molar-refractivity contribution in [3.8, 4) is 16.3 Å². The van der Waals surface area contributed by atoms with Crippen LogP contribution in [0.4, 0.5) is 0 Å². The second-order valence-corrected chi connectivity index (χ2v) is 8.31. The van der Waals surface area contributed by atoms with E-state index in [0.717, 1.165) is 42.2 Å². The van der Waals surface area contributed by atoms with Gasteiger partial charge in [-0.05, 0) is 58.0 Å². The third-order valence-electron chi connectivity index (χ3n) is 5.42. The minimum atomic E-state index is -0.0932. The maximum atomic E-state index is 12.6. The Balaban J connectivity index is 1.41. The number of para-hydroxylation sites is 1. The third kappa shape index (κ3) is 4.15. The van der Waals surface area contributed by atoms with Crippen LogP contribution in [-0.2, 0) is 0 Å². The molecule has 0 spiro atoms. The quantitative estimate of drug-likeness (QED) is 0.719. The maximum Gasteiger partial charge on any atom is 0.270 e. The van der Waals surface area contributed by atoms with Crippen molar-refractivity contribution in [2.45, 2.75) is 25.8 Å². The number of hydrogen-bond donors (Lipinski definition) is 1. The largest absolute Gasteiger partial charge is 0.348 e. The van der Waals surface area contributed by atoms with Crippen molar-refractivity contribution in [3.63, 3.8) is 0 Å². The molecule has 0 bridgehead atoms. The summed E-state index contributed by atoms with van der Waals surface area (Å²) in [6, 6.07) is 10.1. The molecule has 0 aliphatic carbocycles. The summed E-state index contributed by atoms with van der Waals surface area (Å²) in [5.74, 6) is 0.437. The van der Waals surface area contributed by atoms with Crippen LogP contribution in [0.3, 0.4) is 0 Å². The summed E-state index contributed by atoms with van der Waals surface area (Å²) < 4.78 is 1.82. The molecule has 1 aliphatic rings. The van der Waals surface area contributed by atoms with Crippen molar-refractivity contribution in [1.29, 1.82) is 0 Å². The van der Waals surface area contributed by atoms with Crippen LogP contribution in [0.25, 0.3) is 16.3 Å².